The van der Waals surface area contributed by atoms with E-state index in [0.717, 1.165) is 31.0 Å². The number of anilines is 1. The van der Waals surface area contributed by atoms with E-state index >= 15 is 0 Å². The first-order valence-corrected chi connectivity index (χ1v) is 5.53. The summed E-state index contributed by atoms with van der Waals surface area (Å²) in [6, 6.07) is 1.83. The second-order valence-electron chi connectivity index (χ2n) is 3.78. The van der Waals surface area contributed by atoms with Gasteiger partial charge in [-0.2, -0.15) is 0 Å². The topological polar surface area (TPSA) is 66.6 Å². The third-order valence-electron chi connectivity index (χ3n) is 2.32. The molecule has 0 spiro atoms. The molecule has 0 unspecified atom stereocenters. The number of aromatic nitrogens is 1. The Kier molecular flexibility index (Phi) is 4.82. The predicted molar refractivity (Wildman–Crippen MR) is 60.6 cm³/mol. The van der Waals surface area contributed by atoms with Crippen molar-refractivity contribution >= 4 is 11.8 Å². The lowest BCUT2D eigenvalue weighted by molar-refractivity contribution is -0.136. The van der Waals surface area contributed by atoms with Crippen LogP contribution in [0.2, 0.25) is 0 Å². The summed E-state index contributed by atoms with van der Waals surface area (Å²) in [5.41, 5.74) is 0. The predicted octanol–water partition coefficient (Wildman–Crippen LogP) is 2.06. The van der Waals surface area contributed by atoms with Crippen LogP contribution < -0.4 is 4.90 Å². The highest BCUT2D eigenvalue weighted by molar-refractivity contribution is 5.67. The van der Waals surface area contributed by atoms with Crippen molar-refractivity contribution in [2.24, 2.45) is 0 Å². The van der Waals surface area contributed by atoms with Gasteiger partial charge in [-0.3, -0.25) is 4.79 Å². The van der Waals surface area contributed by atoms with Crippen molar-refractivity contribution < 1.29 is 14.4 Å². The number of aliphatic carboxylic acids is 1. The van der Waals surface area contributed by atoms with Gasteiger partial charge in [0.05, 0.1) is 6.42 Å². The zero-order valence-electron chi connectivity index (χ0n) is 9.77. The largest absolute Gasteiger partial charge is 0.481 e. The van der Waals surface area contributed by atoms with Gasteiger partial charge in [0.25, 0.3) is 0 Å². The number of nitrogens with zero attached hydrogens (tertiary/aromatic N) is 2. The van der Waals surface area contributed by atoms with Crippen molar-refractivity contribution in [2.75, 3.05) is 18.0 Å². The van der Waals surface area contributed by atoms with E-state index in [0.29, 0.717) is 6.54 Å². The van der Waals surface area contributed by atoms with Crippen LogP contribution in [0.25, 0.3) is 0 Å². The minimum Gasteiger partial charge on any atom is -0.481 e. The lowest BCUT2D eigenvalue weighted by Gasteiger charge is -2.20. The molecule has 0 saturated heterocycles. The number of unbranched alkanes of at least 4 members (excludes halogenated alkanes) is 1. The van der Waals surface area contributed by atoms with E-state index in [9.17, 15) is 4.79 Å². The molecule has 16 heavy (non-hydrogen) atoms. The van der Waals surface area contributed by atoms with E-state index in [4.69, 9.17) is 9.63 Å². The van der Waals surface area contributed by atoms with Crippen LogP contribution in [0, 0.1) is 6.92 Å². The number of carbonyl (C=O) groups is 1. The summed E-state index contributed by atoms with van der Waals surface area (Å²) < 4.78 is 4.99. The molecule has 5 heteroatoms. The molecule has 0 radical (unpaired) electrons. The third-order valence-corrected chi connectivity index (χ3v) is 2.32. The molecule has 0 saturated carbocycles. The fourth-order valence-corrected chi connectivity index (χ4v) is 1.42. The Morgan fingerprint density at radius 3 is 2.81 bits per heavy atom. The van der Waals surface area contributed by atoms with Crippen LogP contribution in [0.15, 0.2) is 10.6 Å². The second-order valence-corrected chi connectivity index (χ2v) is 3.78. The van der Waals surface area contributed by atoms with Crippen molar-refractivity contribution in [2.45, 2.75) is 33.1 Å². The van der Waals surface area contributed by atoms with Crippen molar-refractivity contribution in [1.82, 2.24) is 5.16 Å². The Hall–Kier alpha value is -1.52. The Labute approximate surface area is 95.0 Å². The summed E-state index contributed by atoms with van der Waals surface area (Å²) in [6.07, 6.45) is 2.21. The van der Waals surface area contributed by atoms with Crippen LogP contribution in [-0.2, 0) is 4.79 Å². The fourth-order valence-electron chi connectivity index (χ4n) is 1.42. The summed E-state index contributed by atoms with van der Waals surface area (Å²) in [7, 11) is 0. The molecule has 90 valence electrons. The molecule has 0 fully saturated rings. The van der Waals surface area contributed by atoms with Crippen LogP contribution in [-0.4, -0.2) is 29.3 Å². The van der Waals surface area contributed by atoms with Gasteiger partial charge in [-0.15, -0.1) is 0 Å². The highest BCUT2D eigenvalue weighted by atomic mass is 16.5. The molecule has 0 aliphatic heterocycles. The smallest absolute Gasteiger partial charge is 0.305 e. The van der Waals surface area contributed by atoms with Gasteiger partial charge in [-0.1, -0.05) is 18.5 Å². The second kappa shape index (κ2) is 6.15. The summed E-state index contributed by atoms with van der Waals surface area (Å²) in [5, 5.41) is 12.6. The van der Waals surface area contributed by atoms with Crippen molar-refractivity contribution in [3.05, 3.63) is 11.8 Å². The molecule has 5 nitrogen and oxygen atoms in total. The number of carboxylic acids is 1. The highest BCUT2D eigenvalue weighted by Gasteiger charge is 2.11. The Balaban J connectivity index is 2.59. The van der Waals surface area contributed by atoms with Gasteiger partial charge in [0.15, 0.2) is 5.82 Å². The molecule has 1 rings (SSSR count). The summed E-state index contributed by atoms with van der Waals surface area (Å²) in [6.45, 7) is 5.21. The minimum absolute atomic E-state index is 0.121. The quantitative estimate of drug-likeness (QED) is 0.770. The normalized spacial score (nSPS) is 10.4. The Bertz CT molecular complexity index is 336. The zero-order valence-corrected chi connectivity index (χ0v) is 9.77. The first-order valence-electron chi connectivity index (χ1n) is 5.53. The standard InChI is InChI=1S/C11H18N2O3/c1-3-4-6-13(7-5-11(14)15)10-8-9(2)16-12-10/h8H,3-7H2,1-2H3,(H,14,15). The van der Waals surface area contributed by atoms with Gasteiger partial charge >= 0.3 is 5.97 Å². The van der Waals surface area contributed by atoms with Crippen molar-refractivity contribution in [3.8, 4) is 0 Å². The molecule has 0 atom stereocenters. The molecule has 1 aromatic rings. The molecule has 1 heterocycles. The lowest BCUT2D eigenvalue weighted by atomic mass is 10.3. The van der Waals surface area contributed by atoms with Gasteiger partial charge in [0, 0.05) is 19.2 Å². The van der Waals surface area contributed by atoms with E-state index in [1.54, 1.807) is 0 Å². The molecule has 0 bridgehead atoms. The van der Waals surface area contributed by atoms with E-state index in [1.165, 1.54) is 0 Å². The lowest BCUT2D eigenvalue weighted by Crippen LogP contribution is -2.27. The maximum Gasteiger partial charge on any atom is 0.305 e. The summed E-state index contributed by atoms with van der Waals surface area (Å²) in [4.78, 5) is 12.5. The fraction of sp³-hybridized carbons (Fsp3) is 0.636. The van der Waals surface area contributed by atoms with Crippen LogP contribution in [0.5, 0.6) is 0 Å². The highest BCUT2D eigenvalue weighted by Crippen LogP contribution is 2.14. The van der Waals surface area contributed by atoms with Crippen LogP contribution in [0.3, 0.4) is 0 Å². The molecule has 0 aliphatic carbocycles. The van der Waals surface area contributed by atoms with Gasteiger partial charge in [-0.05, 0) is 13.3 Å². The average molecular weight is 226 g/mol. The molecular weight excluding hydrogens is 208 g/mol. The number of rotatable bonds is 7. The first-order chi connectivity index (χ1) is 7.63. The number of aryl methyl sites for hydroxylation is 1. The average Bonchev–Trinajstić information content (AvgIpc) is 2.64. The van der Waals surface area contributed by atoms with Gasteiger partial charge < -0.3 is 14.5 Å². The molecule has 1 aromatic heterocycles. The third kappa shape index (κ3) is 3.92. The van der Waals surface area contributed by atoms with E-state index in [1.807, 2.05) is 17.9 Å². The molecule has 1 N–H and O–H groups in total. The van der Waals surface area contributed by atoms with Crippen molar-refractivity contribution in [3.63, 3.8) is 0 Å². The van der Waals surface area contributed by atoms with Gasteiger partial charge in [0.1, 0.15) is 5.76 Å². The molecular formula is C11H18N2O3. The molecule has 0 aliphatic rings. The van der Waals surface area contributed by atoms with Crippen LogP contribution in [0.1, 0.15) is 31.9 Å². The van der Waals surface area contributed by atoms with E-state index in [-0.39, 0.29) is 6.42 Å². The Morgan fingerprint density at radius 1 is 1.56 bits per heavy atom. The zero-order chi connectivity index (χ0) is 12.0. The summed E-state index contributed by atoms with van der Waals surface area (Å²) >= 11 is 0. The van der Waals surface area contributed by atoms with Crippen LogP contribution in [0.4, 0.5) is 5.82 Å². The Morgan fingerprint density at radius 2 is 2.31 bits per heavy atom. The SMILES string of the molecule is CCCCN(CCC(=O)O)c1cc(C)on1. The maximum absolute atomic E-state index is 10.5. The van der Waals surface area contributed by atoms with E-state index < -0.39 is 5.97 Å². The minimum atomic E-state index is -0.790. The molecule has 0 aromatic carbocycles. The number of hydrogen-bond acceptors (Lipinski definition) is 4. The van der Waals surface area contributed by atoms with E-state index in [2.05, 4.69) is 12.1 Å². The van der Waals surface area contributed by atoms with Crippen LogP contribution >= 0.6 is 0 Å². The number of hydrogen-bond donors (Lipinski definition) is 1. The van der Waals surface area contributed by atoms with Gasteiger partial charge in [-0.25, -0.2) is 0 Å². The number of carboxylic acid groups (broad SMARTS) is 1. The summed E-state index contributed by atoms with van der Waals surface area (Å²) in [5.74, 6) is 0.681. The van der Waals surface area contributed by atoms with Crippen molar-refractivity contribution in [1.29, 1.82) is 0 Å². The maximum atomic E-state index is 10.5. The molecule has 0 amide bonds. The monoisotopic (exact) mass is 226 g/mol. The van der Waals surface area contributed by atoms with Gasteiger partial charge in [0.2, 0.25) is 0 Å². The first kappa shape index (κ1) is 12.5.